The van der Waals surface area contributed by atoms with Gasteiger partial charge in [-0.15, -0.1) is 0 Å². The first-order valence-electron chi connectivity index (χ1n) is 7.32. The topological polar surface area (TPSA) is 67.9 Å². The third-order valence-electron chi connectivity index (χ3n) is 3.80. The third-order valence-corrected chi connectivity index (χ3v) is 3.80. The van der Waals surface area contributed by atoms with Crippen molar-refractivity contribution in [2.45, 2.75) is 13.0 Å². The maximum Gasteiger partial charge on any atom is 0.225 e. The fourth-order valence-corrected chi connectivity index (χ4v) is 2.54. The number of hydrogen-bond acceptors (Lipinski definition) is 4. The number of hydrogen-bond donors (Lipinski definition) is 1. The number of ether oxygens (including phenoxy) is 2. The van der Waals surface area contributed by atoms with E-state index in [1.807, 2.05) is 24.3 Å². The Morgan fingerprint density at radius 1 is 1.36 bits per heavy atom. The zero-order valence-electron chi connectivity index (χ0n) is 13.0. The Morgan fingerprint density at radius 2 is 2.14 bits per heavy atom. The Bertz CT molecular complexity index is 533. The Kier molecular flexibility index (Phi) is 5.77. The van der Waals surface area contributed by atoms with E-state index in [2.05, 4.69) is 5.32 Å². The Labute approximate surface area is 130 Å². The fraction of sp³-hybridized carbons (Fsp3) is 0.500. The van der Waals surface area contributed by atoms with Crippen LogP contribution in [0.2, 0.25) is 0 Å². The quantitative estimate of drug-likeness (QED) is 0.809. The van der Waals surface area contributed by atoms with E-state index >= 15 is 0 Å². The number of nitrogens with one attached hydrogen (secondary N) is 1. The highest BCUT2D eigenvalue weighted by Gasteiger charge is 2.33. The molecule has 0 aliphatic carbocycles. The van der Waals surface area contributed by atoms with E-state index in [1.165, 1.54) is 0 Å². The molecule has 0 bridgehead atoms. The minimum absolute atomic E-state index is 0.00879. The summed E-state index contributed by atoms with van der Waals surface area (Å²) in [5.74, 6) is 0.361. The van der Waals surface area contributed by atoms with Crippen molar-refractivity contribution in [3.05, 3.63) is 29.8 Å². The lowest BCUT2D eigenvalue weighted by Crippen LogP contribution is -2.33. The minimum atomic E-state index is -0.293. The Hall–Kier alpha value is -2.08. The van der Waals surface area contributed by atoms with Gasteiger partial charge in [0, 0.05) is 38.7 Å². The molecule has 1 unspecified atom stereocenters. The summed E-state index contributed by atoms with van der Waals surface area (Å²) in [6, 6.07) is 7.54. The Balaban J connectivity index is 1.86. The Morgan fingerprint density at radius 3 is 2.86 bits per heavy atom. The highest BCUT2D eigenvalue weighted by molar-refractivity contribution is 5.89. The van der Waals surface area contributed by atoms with Gasteiger partial charge in [-0.25, -0.2) is 0 Å². The van der Waals surface area contributed by atoms with Gasteiger partial charge in [-0.2, -0.15) is 0 Å². The van der Waals surface area contributed by atoms with Crippen molar-refractivity contribution in [1.29, 1.82) is 0 Å². The van der Waals surface area contributed by atoms with Gasteiger partial charge in [0.05, 0.1) is 19.6 Å². The lowest BCUT2D eigenvalue weighted by molar-refractivity contribution is -0.129. The molecule has 0 saturated carbocycles. The summed E-state index contributed by atoms with van der Waals surface area (Å²) in [6.07, 6.45) is 0.265. The number of likely N-dealkylation sites (tertiary alicyclic amines) is 1. The highest BCUT2D eigenvalue weighted by atomic mass is 16.5. The SMILES string of the molecule is COCCN1CC(C(=O)NCc2ccccc2OC)CC1=O. The maximum atomic E-state index is 12.2. The second kappa shape index (κ2) is 7.79. The van der Waals surface area contributed by atoms with Crippen molar-refractivity contribution < 1.29 is 19.1 Å². The number of benzene rings is 1. The van der Waals surface area contributed by atoms with Gasteiger partial charge < -0.3 is 19.7 Å². The van der Waals surface area contributed by atoms with E-state index in [-0.39, 0.29) is 24.2 Å². The molecule has 2 rings (SSSR count). The second-order valence-electron chi connectivity index (χ2n) is 5.26. The van der Waals surface area contributed by atoms with Crippen molar-refractivity contribution in [2.24, 2.45) is 5.92 Å². The van der Waals surface area contributed by atoms with Gasteiger partial charge >= 0.3 is 0 Å². The van der Waals surface area contributed by atoms with E-state index in [1.54, 1.807) is 19.1 Å². The van der Waals surface area contributed by atoms with Crippen molar-refractivity contribution in [3.8, 4) is 5.75 Å². The second-order valence-corrected chi connectivity index (χ2v) is 5.26. The smallest absolute Gasteiger partial charge is 0.225 e. The third kappa shape index (κ3) is 3.98. The molecule has 1 N–H and O–H groups in total. The number of amides is 2. The summed E-state index contributed by atoms with van der Waals surface area (Å²) >= 11 is 0. The van der Waals surface area contributed by atoms with E-state index < -0.39 is 0 Å². The van der Waals surface area contributed by atoms with Crippen LogP contribution < -0.4 is 10.1 Å². The highest BCUT2D eigenvalue weighted by Crippen LogP contribution is 2.19. The maximum absolute atomic E-state index is 12.2. The molecular weight excluding hydrogens is 284 g/mol. The first-order chi connectivity index (χ1) is 10.7. The van der Waals surface area contributed by atoms with Crippen LogP contribution in [-0.4, -0.2) is 50.6 Å². The number of nitrogens with zero attached hydrogens (tertiary/aromatic N) is 1. The van der Waals surface area contributed by atoms with Gasteiger partial charge in [-0.3, -0.25) is 9.59 Å². The first-order valence-corrected chi connectivity index (χ1v) is 7.32. The van der Waals surface area contributed by atoms with Crippen LogP contribution in [0.1, 0.15) is 12.0 Å². The van der Waals surface area contributed by atoms with E-state index in [9.17, 15) is 9.59 Å². The largest absolute Gasteiger partial charge is 0.496 e. The van der Waals surface area contributed by atoms with Crippen molar-refractivity contribution in [2.75, 3.05) is 33.9 Å². The van der Waals surface area contributed by atoms with E-state index in [0.29, 0.717) is 26.2 Å². The number of rotatable bonds is 7. The summed E-state index contributed by atoms with van der Waals surface area (Å²) < 4.78 is 10.2. The molecule has 1 aliphatic rings. The van der Waals surface area contributed by atoms with E-state index in [4.69, 9.17) is 9.47 Å². The standard InChI is InChI=1S/C16H22N2O4/c1-21-8-7-18-11-13(9-15(18)19)16(20)17-10-12-5-3-4-6-14(12)22-2/h3-6,13H,7-11H2,1-2H3,(H,17,20). The van der Waals surface area contributed by atoms with Crippen molar-refractivity contribution in [1.82, 2.24) is 10.2 Å². The average Bonchev–Trinajstić information content (AvgIpc) is 2.92. The summed E-state index contributed by atoms with van der Waals surface area (Å²) in [6.45, 7) is 1.87. The molecule has 1 aromatic rings. The lowest BCUT2D eigenvalue weighted by Gasteiger charge is -2.16. The number of carbonyl (C=O) groups excluding carboxylic acids is 2. The summed E-state index contributed by atoms with van der Waals surface area (Å²) in [4.78, 5) is 25.7. The summed E-state index contributed by atoms with van der Waals surface area (Å²) in [5, 5.41) is 2.88. The number of carbonyl (C=O) groups is 2. The van der Waals surface area contributed by atoms with Gasteiger partial charge in [0.1, 0.15) is 5.75 Å². The molecule has 1 atom stereocenters. The number of methoxy groups -OCH3 is 2. The molecule has 22 heavy (non-hydrogen) atoms. The summed E-state index contributed by atoms with van der Waals surface area (Å²) in [5.41, 5.74) is 0.916. The molecule has 6 heteroatoms. The fourth-order valence-electron chi connectivity index (χ4n) is 2.54. The monoisotopic (exact) mass is 306 g/mol. The normalized spacial score (nSPS) is 17.6. The van der Waals surface area contributed by atoms with Crippen molar-refractivity contribution >= 4 is 11.8 Å². The molecule has 1 fully saturated rings. The predicted octanol–water partition coefficient (Wildman–Crippen LogP) is 0.806. The van der Waals surface area contributed by atoms with Crippen LogP contribution >= 0.6 is 0 Å². The molecule has 0 aromatic heterocycles. The minimum Gasteiger partial charge on any atom is -0.496 e. The zero-order valence-corrected chi connectivity index (χ0v) is 13.0. The average molecular weight is 306 g/mol. The first kappa shape index (κ1) is 16.3. The zero-order chi connectivity index (χ0) is 15.9. The lowest BCUT2D eigenvalue weighted by atomic mass is 10.1. The van der Waals surface area contributed by atoms with Gasteiger partial charge in [0.2, 0.25) is 11.8 Å². The van der Waals surface area contributed by atoms with Gasteiger partial charge in [0.15, 0.2) is 0 Å². The molecule has 2 amide bonds. The molecule has 1 heterocycles. The van der Waals surface area contributed by atoms with Gasteiger partial charge in [-0.1, -0.05) is 18.2 Å². The van der Waals surface area contributed by atoms with Crippen LogP contribution in [0.25, 0.3) is 0 Å². The molecule has 0 radical (unpaired) electrons. The van der Waals surface area contributed by atoms with Gasteiger partial charge in [-0.05, 0) is 6.07 Å². The van der Waals surface area contributed by atoms with Crippen LogP contribution in [0, 0.1) is 5.92 Å². The molecule has 1 aromatic carbocycles. The summed E-state index contributed by atoms with van der Waals surface area (Å²) in [7, 11) is 3.20. The molecule has 1 saturated heterocycles. The molecule has 6 nitrogen and oxygen atoms in total. The van der Waals surface area contributed by atoms with E-state index in [0.717, 1.165) is 11.3 Å². The molecule has 120 valence electrons. The van der Waals surface area contributed by atoms with Crippen LogP contribution in [0.3, 0.4) is 0 Å². The molecule has 0 spiro atoms. The molecule has 1 aliphatic heterocycles. The van der Waals surface area contributed by atoms with Crippen LogP contribution in [0.5, 0.6) is 5.75 Å². The molecular formula is C16H22N2O4. The van der Waals surface area contributed by atoms with Crippen LogP contribution in [0.4, 0.5) is 0 Å². The van der Waals surface area contributed by atoms with Gasteiger partial charge in [0.25, 0.3) is 0 Å². The predicted molar refractivity (Wildman–Crippen MR) is 81.4 cm³/mol. The van der Waals surface area contributed by atoms with Crippen LogP contribution in [0.15, 0.2) is 24.3 Å². The van der Waals surface area contributed by atoms with Crippen LogP contribution in [-0.2, 0) is 20.9 Å². The van der Waals surface area contributed by atoms with Crippen molar-refractivity contribution in [3.63, 3.8) is 0 Å². The number of para-hydroxylation sites is 1.